The minimum atomic E-state index is -0.168. The van der Waals surface area contributed by atoms with E-state index in [2.05, 4.69) is 78.4 Å². The van der Waals surface area contributed by atoms with Crippen LogP contribution in [0.4, 0.5) is 10.9 Å². The molecule has 0 aliphatic carbocycles. The Morgan fingerprint density at radius 1 is 0.818 bits per heavy atom. The SMILES string of the molecule is Cc1ccc(Cn2cc(CCC(=O)Nc3ccc(CCCCc4nnc(NC(=O)Cc5ccccn5)s4)nn3)nn2)c(C)c1. The van der Waals surface area contributed by atoms with Crippen LogP contribution in [0.25, 0.3) is 0 Å². The zero-order chi connectivity index (χ0) is 30.7. The van der Waals surface area contributed by atoms with Crippen LogP contribution < -0.4 is 10.6 Å². The van der Waals surface area contributed by atoms with Crippen LogP contribution in [0.15, 0.2) is 60.9 Å². The molecule has 0 atom stereocenters. The van der Waals surface area contributed by atoms with Gasteiger partial charge >= 0.3 is 0 Å². The van der Waals surface area contributed by atoms with Gasteiger partial charge in [-0.2, -0.15) is 5.10 Å². The lowest BCUT2D eigenvalue weighted by molar-refractivity contribution is -0.116. The van der Waals surface area contributed by atoms with E-state index in [1.165, 1.54) is 28.0 Å². The number of aryl methyl sites for hydroxylation is 5. The van der Waals surface area contributed by atoms with Gasteiger partial charge in [0.2, 0.25) is 16.9 Å². The quantitative estimate of drug-likeness (QED) is 0.175. The van der Waals surface area contributed by atoms with Crippen LogP contribution in [0.3, 0.4) is 0 Å². The van der Waals surface area contributed by atoms with Crippen LogP contribution in [-0.4, -0.2) is 52.2 Å². The molecule has 0 aliphatic heterocycles. The highest BCUT2D eigenvalue weighted by molar-refractivity contribution is 7.15. The van der Waals surface area contributed by atoms with E-state index in [0.717, 1.165) is 42.1 Å². The van der Waals surface area contributed by atoms with Crippen molar-refractivity contribution in [2.75, 3.05) is 10.6 Å². The molecule has 5 aromatic rings. The van der Waals surface area contributed by atoms with E-state index in [4.69, 9.17) is 0 Å². The number of aromatic nitrogens is 8. The lowest BCUT2D eigenvalue weighted by Gasteiger charge is -2.06. The van der Waals surface area contributed by atoms with E-state index in [9.17, 15) is 9.59 Å². The van der Waals surface area contributed by atoms with Crippen LogP contribution in [0.5, 0.6) is 0 Å². The third-order valence-electron chi connectivity index (χ3n) is 6.87. The van der Waals surface area contributed by atoms with Crippen molar-refractivity contribution in [3.63, 3.8) is 0 Å². The highest BCUT2D eigenvalue weighted by Gasteiger charge is 2.11. The molecule has 44 heavy (non-hydrogen) atoms. The second kappa shape index (κ2) is 15.0. The summed E-state index contributed by atoms with van der Waals surface area (Å²) in [6, 6.07) is 15.5. The maximum Gasteiger partial charge on any atom is 0.232 e. The third kappa shape index (κ3) is 9.30. The summed E-state index contributed by atoms with van der Waals surface area (Å²) in [5.74, 6) is 0.0994. The fourth-order valence-corrected chi connectivity index (χ4v) is 5.35. The highest BCUT2D eigenvalue weighted by atomic mass is 32.1. The number of anilines is 2. The van der Waals surface area contributed by atoms with E-state index >= 15 is 0 Å². The monoisotopic (exact) mass is 610 g/mol. The average Bonchev–Trinajstić information content (AvgIpc) is 3.66. The average molecular weight is 611 g/mol. The number of hydrogen-bond donors (Lipinski definition) is 2. The molecule has 12 nitrogen and oxygen atoms in total. The highest BCUT2D eigenvalue weighted by Crippen LogP contribution is 2.18. The Balaban J connectivity index is 0.978. The summed E-state index contributed by atoms with van der Waals surface area (Å²) in [5.41, 5.74) is 5.96. The molecule has 4 heterocycles. The number of pyridine rings is 1. The van der Waals surface area contributed by atoms with Gasteiger partial charge in [-0.05, 0) is 68.5 Å². The zero-order valence-electron chi connectivity index (χ0n) is 24.7. The number of unbranched alkanes of at least 4 members (excludes halogenated alkanes) is 1. The Morgan fingerprint density at radius 2 is 1.70 bits per heavy atom. The first-order chi connectivity index (χ1) is 21.4. The summed E-state index contributed by atoms with van der Waals surface area (Å²) in [6.07, 6.45) is 7.80. The van der Waals surface area contributed by atoms with Crippen LogP contribution >= 0.6 is 11.3 Å². The summed E-state index contributed by atoms with van der Waals surface area (Å²) in [6.45, 7) is 4.81. The van der Waals surface area contributed by atoms with Crippen molar-refractivity contribution in [1.82, 2.24) is 40.4 Å². The molecule has 5 rings (SSSR count). The Labute approximate surface area is 259 Å². The number of benzene rings is 1. The van der Waals surface area contributed by atoms with Gasteiger partial charge in [-0.15, -0.1) is 20.4 Å². The molecule has 0 radical (unpaired) electrons. The summed E-state index contributed by atoms with van der Waals surface area (Å²) in [4.78, 5) is 28.8. The van der Waals surface area contributed by atoms with Gasteiger partial charge in [0.05, 0.1) is 24.4 Å². The van der Waals surface area contributed by atoms with Gasteiger partial charge in [-0.3, -0.25) is 14.6 Å². The number of rotatable bonds is 14. The fourth-order valence-electron chi connectivity index (χ4n) is 4.55. The Hall–Kier alpha value is -4.91. The lowest BCUT2D eigenvalue weighted by atomic mass is 10.1. The second-order valence-electron chi connectivity index (χ2n) is 10.5. The predicted octanol–water partition coefficient (Wildman–Crippen LogP) is 4.30. The molecule has 1 aromatic carbocycles. The summed E-state index contributed by atoms with van der Waals surface area (Å²) in [5, 5.41) is 32.0. The zero-order valence-corrected chi connectivity index (χ0v) is 25.5. The minimum absolute atomic E-state index is 0.152. The molecule has 0 saturated carbocycles. The summed E-state index contributed by atoms with van der Waals surface area (Å²) < 4.78 is 1.80. The van der Waals surface area contributed by atoms with Crippen molar-refractivity contribution in [1.29, 1.82) is 0 Å². The maximum absolute atomic E-state index is 12.5. The normalized spacial score (nSPS) is 11.0. The van der Waals surface area contributed by atoms with Crippen LogP contribution in [0.1, 0.15) is 58.0 Å². The van der Waals surface area contributed by atoms with Crippen LogP contribution in [0, 0.1) is 13.8 Å². The molecule has 2 amide bonds. The van der Waals surface area contributed by atoms with E-state index in [1.807, 2.05) is 30.5 Å². The number of amides is 2. The van der Waals surface area contributed by atoms with Crippen LogP contribution in [-0.2, 0) is 41.8 Å². The largest absolute Gasteiger partial charge is 0.309 e. The molecule has 4 aromatic heterocycles. The molecule has 2 N–H and O–H groups in total. The van der Waals surface area contributed by atoms with Gasteiger partial charge in [0.15, 0.2) is 5.82 Å². The molecule has 0 bridgehead atoms. The first-order valence-electron chi connectivity index (χ1n) is 14.5. The topological polar surface area (TPSA) is 153 Å². The van der Waals surface area contributed by atoms with Crippen LogP contribution in [0.2, 0.25) is 0 Å². The summed E-state index contributed by atoms with van der Waals surface area (Å²) >= 11 is 1.38. The van der Waals surface area contributed by atoms with Crippen molar-refractivity contribution in [3.8, 4) is 0 Å². The number of carbonyl (C=O) groups is 2. The first kappa shape index (κ1) is 30.5. The Bertz CT molecular complexity index is 1690. The predicted molar refractivity (Wildman–Crippen MR) is 167 cm³/mol. The van der Waals surface area contributed by atoms with Crippen molar-refractivity contribution in [2.24, 2.45) is 0 Å². The molecule has 0 fully saturated rings. The number of carbonyl (C=O) groups excluding carboxylic acids is 2. The van der Waals surface area contributed by atoms with Crippen molar-refractivity contribution >= 4 is 34.1 Å². The molecular formula is C31H34N10O2S. The van der Waals surface area contributed by atoms with Gasteiger partial charge in [0.1, 0.15) is 5.01 Å². The smallest absolute Gasteiger partial charge is 0.232 e. The van der Waals surface area contributed by atoms with E-state index in [-0.39, 0.29) is 24.7 Å². The number of hydrogen-bond acceptors (Lipinski definition) is 10. The van der Waals surface area contributed by atoms with Crippen molar-refractivity contribution < 1.29 is 9.59 Å². The van der Waals surface area contributed by atoms with E-state index < -0.39 is 0 Å². The van der Waals surface area contributed by atoms with E-state index in [0.29, 0.717) is 29.6 Å². The summed E-state index contributed by atoms with van der Waals surface area (Å²) in [7, 11) is 0. The van der Waals surface area contributed by atoms with Gasteiger partial charge in [0.25, 0.3) is 0 Å². The molecular weight excluding hydrogens is 576 g/mol. The maximum atomic E-state index is 12.5. The molecule has 0 spiro atoms. The standard InChI is InChI=1S/C31H34N10O2S/c1-21-10-11-23(22(2)17-21)19-41-20-26(36-40-41)13-15-28(42)33-27-14-12-24(35-37-27)7-3-4-9-30-38-39-31(44-30)34-29(43)18-25-8-5-6-16-32-25/h5-6,8,10-12,14,16-17,20H,3-4,7,9,13,15,18-19H2,1-2H3,(H,33,37,42)(H,34,39,43). The first-order valence-corrected chi connectivity index (χ1v) is 15.3. The third-order valence-corrected chi connectivity index (χ3v) is 7.77. The Kier molecular flexibility index (Phi) is 10.4. The number of nitrogens with one attached hydrogen (secondary N) is 2. The second-order valence-corrected chi connectivity index (χ2v) is 11.6. The molecule has 0 unspecified atom stereocenters. The molecule has 13 heteroatoms. The van der Waals surface area contributed by atoms with Crippen molar-refractivity contribution in [3.05, 3.63) is 99.7 Å². The van der Waals surface area contributed by atoms with Gasteiger partial charge in [-0.1, -0.05) is 46.4 Å². The lowest BCUT2D eigenvalue weighted by Crippen LogP contribution is -2.14. The molecule has 0 aliphatic rings. The van der Waals surface area contributed by atoms with Crippen molar-refractivity contribution in [2.45, 2.75) is 65.3 Å². The molecule has 0 saturated heterocycles. The van der Waals surface area contributed by atoms with E-state index in [1.54, 1.807) is 16.9 Å². The molecule has 226 valence electrons. The van der Waals surface area contributed by atoms with Gasteiger partial charge in [-0.25, -0.2) is 4.68 Å². The van der Waals surface area contributed by atoms with Gasteiger partial charge in [0, 0.05) is 37.4 Å². The number of nitrogens with zero attached hydrogens (tertiary/aromatic N) is 8. The minimum Gasteiger partial charge on any atom is -0.309 e. The Morgan fingerprint density at radius 3 is 2.50 bits per heavy atom. The fraction of sp³-hybridized carbons (Fsp3) is 0.323. The van der Waals surface area contributed by atoms with Gasteiger partial charge < -0.3 is 10.6 Å².